The van der Waals surface area contributed by atoms with Gasteiger partial charge in [0.05, 0.1) is 10.6 Å². The number of hydrazine groups is 1. The zero-order valence-electron chi connectivity index (χ0n) is 16.5. The number of nitrogens with one attached hydrogen (secondary N) is 1. The Hall–Kier alpha value is -3.98. The molecule has 1 aliphatic rings. The number of benzene rings is 3. The quantitative estimate of drug-likeness (QED) is 0.237. The van der Waals surface area contributed by atoms with Crippen LogP contribution in [0.4, 0.5) is 11.4 Å². The third-order valence-electron chi connectivity index (χ3n) is 4.69. The van der Waals surface area contributed by atoms with Crippen molar-refractivity contribution in [1.82, 2.24) is 5.43 Å². The molecule has 0 saturated carbocycles. The van der Waals surface area contributed by atoms with Crippen LogP contribution in [0.2, 0.25) is 0 Å². The van der Waals surface area contributed by atoms with Crippen LogP contribution in [0.25, 0.3) is 6.08 Å². The highest BCUT2D eigenvalue weighted by atomic mass is 79.9. The number of nitro groups is 1. The second kappa shape index (κ2) is 9.03. The monoisotopic (exact) mass is 493 g/mol. The summed E-state index contributed by atoms with van der Waals surface area (Å²) in [6.45, 7) is 0.0791. The summed E-state index contributed by atoms with van der Waals surface area (Å²) in [5, 5.41) is 12.2. The molecule has 3 aromatic carbocycles. The van der Waals surface area contributed by atoms with Crippen LogP contribution in [0.1, 0.15) is 11.1 Å². The van der Waals surface area contributed by atoms with E-state index in [0.717, 1.165) is 4.47 Å². The molecule has 160 valence electrons. The number of hydrogen-bond acceptors (Lipinski definition) is 5. The number of carbonyl (C=O) groups excluding carboxylic acids is 2. The van der Waals surface area contributed by atoms with Gasteiger partial charge in [-0.05, 0) is 42.0 Å². The van der Waals surface area contributed by atoms with E-state index in [1.165, 1.54) is 23.2 Å². The van der Waals surface area contributed by atoms with Crippen molar-refractivity contribution < 1.29 is 19.2 Å². The summed E-state index contributed by atoms with van der Waals surface area (Å²) >= 11 is 3.39. The molecule has 2 amide bonds. The van der Waals surface area contributed by atoms with Crippen molar-refractivity contribution in [3.8, 4) is 5.75 Å². The lowest BCUT2D eigenvalue weighted by molar-refractivity contribution is -0.384. The molecule has 1 N–H and O–H groups in total. The average molecular weight is 494 g/mol. The lowest BCUT2D eigenvalue weighted by Gasteiger charge is -2.14. The first kappa shape index (κ1) is 21.3. The standard InChI is InChI=1S/C23H16BrN3O5/c24-17-9-10-21(32-14-15-5-4-8-19(11-15)27(30)31)16(12-17)13-20-22(28)25-26(23(20)29)18-6-2-1-3-7-18/h1-13H,14H2,(H,25,28)/b20-13-. The number of anilines is 1. The average Bonchev–Trinajstić information content (AvgIpc) is 3.07. The highest BCUT2D eigenvalue weighted by Gasteiger charge is 2.34. The van der Waals surface area contributed by atoms with Gasteiger partial charge in [-0.15, -0.1) is 0 Å². The molecule has 0 spiro atoms. The highest BCUT2D eigenvalue weighted by molar-refractivity contribution is 9.10. The van der Waals surface area contributed by atoms with Crippen molar-refractivity contribution in [2.24, 2.45) is 0 Å². The third-order valence-corrected chi connectivity index (χ3v) is 5.19. The molecule has 1 saturated heterocycles. The van der Waals surface area contributed by atoms with Crippen LogP contribution in [-0.2, 0) is 16.2 Å². The Bertz CT molecular complexity index is 1240. The minimum Gasteiger partial charge on any atom is -0.488 e. The van der Waals surface area contributed by atoms with Gasteiger partial charge in [-0.25, -0.2) is 5.01 Å². The Morgan fingerprint density at radius 2 is 1.81 bits per heavy atom. The number of halogens is 1. The smallest absolute Gasteiger partial charge is 0.282 e. The Morgan fingerprint density at radius 1 is 1.03 bits per heavy atom. The number of nitro benzene ring substituents is 1. The molecule has 0 aliphatic carbocycles. The van der Waals surface area contributed by atoms with Crippen molar-refractivity contribution in [3.05, 3.63) is 104 Å². The van der Waals surface area contributed by atoms with Crippen molar-refractivity contribution in [3.63, 3.8) is 0 Å². The molecule has 0 bridgehead atoms. The first-order valence-electron chi connectivity index (χ1n) is 9.50. The van der Waals surface area contributed by atoms with Crippen molar-refractivity contribution in [1.29, 1.82) is 0 Å². The number of nitrogens with zero attached hydrogens (tertiary/aromatic N) is 2. The second-order valence-electron chi connectivity index (χ2n) is 6.87. The lowest BCUT2D eigenvalue weighted by Crippen LogP contribution is -2.35. The normalized spacial score (nSPS) is 14.5. The highest BCUT2D eigenvalue weighted by Crippen LogP contribution is 2.29. The van der Waals surface area contributed by atoms with E-state index in [1.54, 1.807) is 54.6 Å². The van der Waals surface area contributed by atoms with E-state index in [4.69, 9.17) is 4.74 Å². The number of rotatable bonds is 6. The van der Waals surface area contributed by atoms with E-state index in [2.05, 4.69) is 21.4 Å². The fraction of sp³-hybridized carbons (Fsp3) is 0.0435. The zero-order chi connectivity index (χ0) is 22.7. The van der Waals surface area contributed by atoms with E-state index < -0.39 is 16.7 Å². The van der Waals surface area contributed by atoms with Gasteiger partial charge in [0.25, 0.3) is 17.5 Å². The SMILES string of the molecule is O=C1NN(c2ccccc2)C(=O)/C1=C\c1cc(Br)ccc1OCc1cccc([N+](=O)[O-])c1. The van der Waals surface area contributed by atoms with E-state index in [0.29, 0.717) is 22.6 Å². The minimum atomic E-state index is -0.525. The van der Waals surface area contributed by atoms with Crippen LogP contribution < -0.4 is 15.2 Å². The molecule has 0 radical (unpaired) electrons. The van der Waals surface area contributed by atoms with Gasteiger partial charge >= 0.3 is 0 Å². The first-order valence-corrected chi connectivity index (χ1v) is 10.3. The maximum absolute atomic E-state index is 12.9. The molecule has 9 heteroatoms. The van der Waals surface area contributed by atoms with Gasteiger partial charge < -0.3 is 4.74 Å². The second-order valence-corrected chi connectivity index (χ2v) is 7.79. The Balaban J connectivity index is 1.60. The van der Waals surface area contributed by atoms with Gasteiger partial charge in [0.2, 0.25) is 0 Å². The minimum absolute atomic E-state index is 0.0292. The fourth-order valence-electron chi connectivity index (χ4n) is 3.16. The molecule has 0 atom stereocenters. The first-order chi connectivity index (χ1) is 15.4. The third kappa shape index (κ3) is 4.52. The Labute approximate surface area is 191 Å². The molecule has 1 heterocycles. The van der Waals surface area contributed by atoms with Crippen molar-refractivity contribution in [2.45, 2.75) is 6.61 Å². The van der Waals surface area contributed by atoms with E-state index in [9.17, 15) is 19.7 Å². The maximum Gasteiger partial charge on any atom is 0.282 e. The largest absolute Gasteiger partial charge is 0.488 e. The summed E-state index contributed by atoms with van der Waals surface area (Å²) in [6, 6.07) is 20.1. The van der Waals surface area contributed by atoms with Crippen LogP contribution in [0.15, 0.2) is 82.8 Å². The number of hydrogen-bond donors (Lipinski definition) is 1. The van der Waals surface area contributed by atoms with Crippen LogP contribution in [-0.4, -0.2) is 16.7 Å². The summed E-state index contributed by atoms with van der Waals surface area (Å²) in [7, 11) is 0. The van der Waals surface area contributed by atoms with Crippen LogP contribution in [0.3, 0.4) is 0 Å². The number of carbonyl (C=O) groups is 2. The topological polar surface area (TPSA) is 102 Å². The molecule has 1 aliphatic heterocycles. The summed E-state index contributed by atoms with van der Waals surface area (Å²) < 4.78 is 6.59. The predicted molar refractivity (Wildman–Crippen MR) is 122 cm³/mol. The molecular weight excluding hydrogens is 478 g/mol. The number of ether oxygens (including phenoxy) is 1. The van der Waals surface area contributed by atoms with Gasteiger partial charge in [0.15, 0.2) is 0 Å². The lowest BCUT2D eigenvalue weighted by atomic mass is 10.1. The molecule has 3 aromatic rings. The fourth-order valence-corrected chi connectivity index (χ4v) is 3.54. The molecule has 8 nitrogen and oxygen atoms in total. The van der Waals surface area contributed by atoms with Gasteiger partial charge in [0, 0.05) is 22.2 Å². The van der Waals surface area contributed by atoms with E-state index in [1.807, 2.05) is 6.07 Å². The van der Waals surface area contributed by atoms with Crippen LogP contribution >= 0.6 is 15.9 Å². The summed E-state index contributed by atoms with van der Waals surface area (Å²) in [6.07, 6.45) is 1.47. The van der Waals surface area contributed by atoms with Gasteiger partial charge in [-0.1, -0.05) is 46.3 Å². The molecule has 1 fully saturated rings. The molecule has 0 unspecified atom stereocenters. The van der Waals surface area contributed by atoms with Gasteiger partial charge in [-0.3, -0.25) is 25.1 Å². The van der Waals surface area contributed by atoms with E-state index >= 15 is 0 Å². The van der Waals surface area contributed by atoms with E-state index in [-0.39, 0.29) is 17.9 Å². The van der Waals surface area contributed by atoms with Crippen LogP contribution in [0.5, 0.6) is 5.75 Å². The molecular formula is C23H16BrN3O5. The van der Waals surface area contributed by atoms with Crippen molar-refractivity contribution in [2.75, 3.05) is 5.01 Å². The summed E-state index contributed by atoms with van der Waals surface area (Å²) in [5.74, 6) is -0.583. The zero-order valence-corrected chi connectivity index (χ0v) is 18.1. The summed E-state index contributed by atoms with van der Waals surface area (Å²) in [4.78, 5) is 35.9. The number of para-hydroxylation sites is 1. The Morgan fingerprint density at radius 3 is 2.56 bits per heavy atom. The number of amides is 2. The maximum atomic E-state index is 12.9. The van der Waals surface area contributed by atoms with Crippen LogP contribution in [0, 0.1) is 10.1 Å². The molecule has 32 heavy (non-hydrogen) atoms. The Kier molecular flexibility index (Phi) is 6.00. The predicted octanol–water partition coefficient (Wildman–Crippen LogP) is 4.40. The van der Waals surface area contributed by atoms with Gasteiger partial charge in [-0.2, -0.15) is 0 Å². The van der Waals surface area contributed by atoms with Gasteiger partial charge in [0.1, 0.15) is 17.9 Å². The molecule has 4 rings (SSSR count). The van der Waals surface area contributed by atoms with Crippen molar-refractivity contribution >= 4 is 45.2 Å². The number of non-ortho nitro benzene ring substituents is 1. The summed E-state index contributed by atoms with van der Waals surface area (Å²) in [5.41, 5.74) is 4.17. The molecule has 0 aromatic heterocycles.